The largest absolute Gasteiger partial charge is 0.456 e. The summed E-state index contributed by atoms with van der Waals surface area (Å²) in [5.41, 5.74) is 6.57. The molecule has 0 unspecified atom stereocenters. The Hall–Kier alpha value is -5.07. The molecule has 7 heteroatoms. The van der Waals surface area contributed by atoms with Crippen molar-refractivity contribution in [3.63, 3.8) is 0 Å². The molecule has 0 fully saturated rings. The van der Waals surface area contributed by atoms with Gasteiger partial charge in [0.25, 0.3) is 0 Å². The molecule has 0 saturated heterocycles. The zero-order valence-corrected chi connectivity index (χ0v) is 21.1. The molecule has 184 valence electrons. The Bertz CT molecular complexity index is 2220. The smallest absolute Gasteiger partial charge is 0.226 e. The lowest BCUT2D eigenvalue weighted by Gasteiger charge is -2.11. The van der Waals surface area contributed by atoms with Gasteiger partial charge in [-0.15, -0.1) is 0 Å². The van der Waals surface area contributed by atoms with E-state index >= 15 is 0 Å². The molecular formula is C32H17ClN4O2. The van der Waals surface area contributed by atoms with Crippen LogP contribution in [0.15, 0.2) is 112 Å². The van der Waals surface area contributed by atoms with E-state index in [9.17, 15) is 0 Å². The van der Waals surface area contributed by atoms with E-state index in [1.807, 2.05) is 91.1 Å². The predicted molar refractivity (Wildman–Crippen MR) is 153 cm³/mol. The molecule has 0 aliphatic carbocycles. The van der Waals surface area contributed by atoms with Gasteiger partial charge in [-0.1, -0.05) is 66.7 Å². The molecule has 0 aliphatic rings. The van der Waals surface area contributed by atoms with Crippen LogP contribution < -0.4 is 0 Å². The highest BCUT2D eigenvalue weighted by Gasteiger charge is 2.19. The Morgan fingerprint density at radius 1 is 0.513 bits per heavy atom. The van der Waals surface area contributed by atoms with Crippen LogP contribution in [0, 0.1) is 0 Å². The fraction of sp³-hybridized carbons (Fsp3) is 0. The van der Waals surface area contributed by atoms with Crippen molar-refractivity contribution in [3.8, 4) is 33.9 Å². The number of nitrogens with zero attached hydrogens (tertiary/aromatic N) is 4. The van der Waals surface area contributed by atoms with Crippen molar-refractivity contribution in [2.45, 2.75) is 0 Å². The van der Waals surface area contributed by atoms with Gasteiger partial charge in [-0.25, -0.2) is 4.98 Å². The molecule has 0 saturated carbocycles. The van der Waals surface area contributed by atoms with Crippen molar-refractivity contribution in [1.82, 2.24) is 19.9 Å². The molecule has 0 amide bonds. The zero-order valence-electron chi connectivity index (χ0n) is 20.3. The lowest BCUT2D eigenvalue weighted by molar-refractivity contribution is 0.667. The molecule has 4 aromatic heterocycles. The molecule has 8 rings (SSSR count). The van der Waals surface area contributed by atoms with Crippen molar-refractivity contribution in [2.75, 3.05) is 0 Å². The van der Waals surface area contributed by atoms with Gasteiger partial charge >= 0.3 is 0 Å². The van der Waals surface area contributed by atoms with Gasteiger partial charge in [-0.3, -0.25) is 4.98 Å². The number of rotatable bonds is 3. The summed E-state index contributed by atoms with van der Waals surface area (Å²) in [4.78, 5) is 18.3. The molecule has 8 aromatic rings. The van der Waals surface area contributed by atoms with Crippen LogP contribution >= 0.6 is 11.6 Å². The van der Waals surface area contributed by atoms with E-state index in [1.165, 1.54) is 0 Å². The number of aromatic nitrogens is 4. The van der Waals surface area contributed by atoms with E-state index in [2.05, 4.69) is 21.0 Å². The van der Waals surface area contributed by atoms with Crippen LogP contribution in [-0.2, 0) is 0 Å². The first-order chi connectivity index (χ1) is 19.2. The molecular weight excluding hydrogens is 508 g/mol. The number of furan rings is 2. The van der Waals surface area contributed by atoms with E-state index in [1.54, 1.807) is 6.20 Å². The maximum Gasteiger partial charge on any atom is 0.226 e. The van der Waals surface area contributed by atoms with Gasteiger partial charge in [0.2, 0.25) is 5.28 Å². The number of pyridine rings is 1. The highest BCUT2D eigenvalue weighted by molar-refractivity contribution is 6.28. The molecule has 0 aliphatic heterocycles. The number of benzene rings is 4. The van der Waals surface area contributed by atoms with Crippen LogP contribution in [0.5, 0.6) is 0 Å². The summed E-state index contributed by atoms with van der Waals surface area (Å²) in [6.45, 7) is 0. The summed E-state index contributed by atoms with van der Waals surface area (Å²) in [5, 5.41) is 4.22. The van der Waals surface area contributed by atoms with Gasteiger partial charge in [0.05, 0.1) is 6.20 Å². The second-order valence-electron chi connectivity index (χ2n) is 9.26. The molecule has 39 heavy (non-hydrogen) atoms. The molecule has 6 nitrogen and oxygen atoms in total. The average molecular weight is 525 g/mol. The van der Waals surface area contributed by atoms with E-state index < -0.39 is 0 Å². The van der Waals surface area contributed by atoms with Crippen LogP contribution in [0.2, 0.25) is 5.28 Å². The third-order valence-electron chi connectivity index (χ3n) is 6.99. The van der Waals surface area contributed by atoms with Gasteiger partial charge < -0.3 is 8.83 Å². The normalized spacial score (nSPS) is 11.7. The van der Waals surface area contributed by atoms with Crippen LogP contribution in [0.1, 0.15) is 0 Å². The van der Waals surface area contributed by atoms with Gasteiger partial charge in [0.1, 0.15) is 16.7 Å². The molecule has 0 spiro atoms. The Morgan fingerprint density at radius 2 is 1.18 bits per heavy atom. The second kappa shape index (κ2) is 8.48. The molecule has 4 heterocycles. The molecule has 0 N–H and O–H groups in total. The topological polar surface area (TPSA) is 77.8 Å². The van der Waals surface area contributed by atoms with Crippen LogP contribution in [0.4, 0.5) is 0 Å². The Balaban J connectivity index is 1.31. The summed E-state index contributed by atoms with van der Waals surface area (Å²) in [6.07, 6.45) is 3.59. The minimum atomic E-state index is 0.111. The van der Waals surface area contributed by atoms with E-state index in [0.717, 1.165) is 66.1 Å². The molecule has 4 aromatic carbocycles. The quantitative estimate of drug-likeness (QED) is 0.230. The Morgan fingerprint density at radius 3 is 2.05 bits per heavy atom. The number of fused-ring (bicyclic) bond motifs is 6. The van der Waals surface area contributed by atoms with Gasteiger partial charge in [-0.05, 0) is 41.4 Å². The standard InChI is InChI=1S/C32H17ClN4O2/c33-32-36-30(18-13-14-21-20-8-3-5-11-25(20)38-27(21)15-18)35-31(37-32)22-9-2-1-7-19(22)24-16-34-17-28-29(24)23-10-4-6-12-26(23)39-28/h1-17H. The summed E-state index contributed by atoms with van der Waals surface area (Å²) >= 11 is 6.47. The van der Waals surface area contributed by atoms with Crippen molar-refractivity contribution >= 4 is 55.5 Å². The van der Waals surface area contributed by atoms with E-state index in [-0.39, 0.29) is 5.28 Å². The van der Waals surface area contributed by atoms with Gasteiger partial charge in [0, 0.05) is 44.4 Å². The van der Waals surface area contributed by atoms with Crippen molar-refractivity contribution in [3.05, 3.63) is 109 Å². The maximum atomic E-state index is 6.47. The molecule has 0 atom stereocenters. The monoisotopic (exact) mass is 524 g/mol. The van der Waals surface area contributed by atoms with Crippen LogP contribution in [0.3, 0.4) is 0 Å². The zero-order chi connectivity index (χ0) is 25.9. The number of halogens is 1. The van der Waals surface area contributed by atoms with Crippen molar-refractivity contribution in [1.29, 1.82) is 0 Å². The Kier molecular flexibility index (Phi) is 4.77. The second-order valence-corrected chi connectivity index (χ2v) is 9.60. The first-order valence-electron chi connectivity index (χ1n) is 12.4. The first kappa shape index (κ1) is 22.0. The van der Waals surface area contributed by atoms with E-state index in [4.69, 9.17) is 25.4 Å². The summed E-state index contributed by atoms with van der Waals surface area (Å²) in [7, 11) is 0. The summed E-state index contributed by atoms with van der Waals surface area (Å²) < 4.78 is 12.2. The predicted octanol–water partition coefficient (Wildman–Crippen LogP) is 8.72. The number of hydrogen-bond acceptors (Lipinski definition) is 6. The highest BCUT2D eigenvalue weighted by atomic mass is 35.5. The summed E-state index contributed by atoms with van der Waals surface area (Å²) in [6, 6.07) is 29.9. The SMILES string of the molecule is Clc1nc(-c2ccc3c(c2)oc2ccccc23)nc(-c2ccccc2-c2cncc3oc4ccccc4c23)n1. The first-order valence-corrected chi connectivity index (χ1v) is 12.8. The Labute approximate surface area is 226 Å². The number of hydrogen-bond donors (Lipinski definition) is 0. The summed E-state index contributed by atoms with van der Waals surface area (Å²) in [5.74, 6) is 0.933. The highest BCUT2D eigenvalue weighted by Crippen LogP contribution is 2.39. The fourth-order valence-corrected chi connectivity index (χ4v) is 5.42. The third-order valence-corrected chi connectivity index (χ3v) is 7.16. The third kappa shape index (κ3) is 3.50. The number of para-hydroxylation sites is 2. The van der Waals surface area contributed by atoms with Crippen LogP contribution in [-0.4, -0.2) is 19.9 Å². The minimum absolute atomic E-state index is 0.111. The van der Waals surface area contributed by atoms with Crippen LogP contribution in [0.25, 0.3) is 77.8 Å². The van der Waals surface area contributed by atoms with Gasteiger partial charge in [0.15, 0.2) is 17.2 Å². The van der Waals surface area contributed by atoms with E-state index in [0.29, 0.717) is 11.6 Å². The average Bonchev–Trinajstić information content (AvgIpc) is 3.55. The van der Waals surface area contributed by atoms with Crippen molar-refractivity contribution in [2.24, 2.45) is 0 Å². The van der Waals surface area contributed by atoms with Gasteiger partial charge in [-0.2, -0.15) is 9.97 Å². The fourth-order valence-electron chi connectivity index (χ4n) is 5.26. The van der Waals surface area contributed by atoms with Crippen molar-refractivity contribution < 1.29 is 8.83 Å². The minimum Gasteiger partial charge on any atom is -0.456 e. The molecule has 0 bridgehead atoms. The lowest BCUT2D eigenvalue weighted by atomic mass is 9.96. The molecule has 0 radical (unpaired) electrons. The maximum absolute atomic E-state index is 6.47. The lowest BCUT2D eigenvalue weighted by Crippen LogP contribution is -1.98.